The maximum atomic E-state index is 10.9. The minimum Gasteiger partial charge on any atom is -0.481 e. The lowest BCUT2D eigenvalue weighted by molar-refractivity contribution is -0.144. The molecule has 0 radical (unpaired) electrons. The smallest absolute Gasteiger partial charge is 0.326 e. The van der Waals surface area contributed by atoms with Gasteiger partial charge in [0.15, 0.2) is 0 Å². The van der Waals surface area contributed by atoms with Gasteiger partial charge >= 0.3 is 11.9 Å². The van der Waals surface area contributed by atoms with Gasteiger partial charge in [-0.25, -0.2) is 14.8 Å². The Morgan fingerprint density at radius 2 is 2.17 bits per heavy atom. The van der Waals surface area contributed by atoms with E-state index < -0.39 is 24.4 Å². The second kappa shape index (κ2) is 4.96. The zero-order valence-electron chi connectivity index (χ0n) is 9.03. The first-order valence-electron chi connectivity index (χ1n) is 4.97. The van der Waals surface area contributed by atoms with Crippen molar-refractivity contribution in [2.75, 3.05) is 5.32 Å². The average Bonchev–Trinajstić information content (AvgIpc) is 2.76. The molecule has 1 atom stereocenters. The van der Waals surface area contributed by atoms with Gasteiger partial charge < -0.3 is 15.5 Å². The monoisotopic (exact) mass is 267 g/mol. The molecule has 0 bridgehead atoms. The number of aliphatic carboxylic acids is 2. The number of aromatic nitrogens is 2. The average molecular weight is 267 g/mol. The van der Waals surface area contributed by atoms with E-state index in [1.807, 2.05) is 0 Å². The predicted octanol–water partition coefficient (Wildman–Crippen LogP) is 1.03. The summed E-state index contributed by atoms with van der Waals surface area (Å²) in [5.74, 6) is -2.09. The highest BCUT2D eigenvalue weighted by Gasteiger charge is 2.22. The van der Waals surface area contributed by atoms with E-state index in [1.54, 1.807) is 11.4 Å². The van der Waals surface area contributed by atoms with Crippen molar-refractivity contribution in [2.24, 2.45) is 0 Å². The van der Waals surface area contributed by atoms with Crippen LogP contribution in [0.25, 0.3) is 10.2 Å². The summed E-state index contributed by atoms with van der Waals surface area (Å²) in [5.41, 5.74) is 0.692. The van der Waals surface area contributed by atoms with Crippen molar-refractivity contribution in [1.82, 2.24) is 9.97 Å². The van der Waals surface area contributed by atoms with Gasteiger partial charge in [-0.2, -0.15) is 0 Å². The van der Waals surface area contributed by atoms with Crippen LogP contribution < -0.4 is 5.32 Å². The molecule has 1 unspecified atom stereocenters. The standard InChI is InChI=1S/C10H9N3O4S/c14-7(15)3-6(10(16)17)13-9-8-5(1-2-18-8)11-4-12-9/h1-2,4,6H,3H2,(H,14,15)(H,16,17)(H,11,12,13). The number of hydrogen-bond donors (Lipinski definition) is 3. The van der Waals surface area contributed by atoms with Crippen molar-refractivity contribution in [3.05, 3.63) is 17.8 Å². The topological polar surface area (TPSA) is 112 Å². The summed E-state index contributed by atoms with van der Waals surface area (Å²) in [6.45, 7) is 0. The molecule has 2 aromatic heterocycles. The Balaban J connectivity index is 2.28. The molecule has 2 heterocycles. The molecule has 0 saturated heterocycles. The molecule has 0 aromatic carbocycles. The number of carboxylic acid groups (broad SMARTS) is 2. The van der Waals surface area contributed by atoms with Crippen LogP contribution >= 0.6 is 11.3 Å². The molecule has 94 valence electrons. The molecule has 0 spiro atoms. The summed E-state index contributed by atoms with van der Waals surface area (Å²) in [6, 6.07) is 0.558. The van der Waals surface area contributed by atoms with Crippen LogP contribution in [0.4, 0.5) is 5.82 Å². The number of thiophene rings is 1. The Morgan fingerprint density at radius 1 is 1.39 bits per heavy atom. The number of nitrogens with zero attached hydrogens (tertiary/aromatic N) is 2. The van der Waals surface area contributed by atoms with E-state index in [9.17, 15) is 9.59 Å². The number of carboxylic acids is 2. The van der Waals surface area contributed by atoms with Crippen molar-refractivity contribution in [1.29, 1.82) is 0 Å². The first-order chi connectivity index (χ1) is 8.58. The molecule has 2 rings (SSSR count). The molecular weight excluding hydrogens is 258 g/mol. The molecule has 8 heteroatoms. The number of fused-ring (bicyclic) bond motifs is 1. The van der Waals surface area contributed by atoms with Crippen LogP contribution in [-0.4, -0.2) is 38.2 Å². The van der Waals surface area contributed by atoms with Gasteiger partial charge in [-0.3, -0.25) is 4.79 Å². The highest BCUT2D eigenvalue weighted by molar-refractivity contribution is 7.17. The third-order valence-corrected chi connectivity index (χ3v) is 3.14. The van der Waals surface area contributed by atoms with Crippen molar-refractivity contribution >= 4 is 39.3 Å². The Morgan fingerprint density at radius 3 is 2.83 bits per heavy atom. The molecule has 0 fully saturated rings. The van der Waals surface area contributed by atoms with Gasteiger partial charge in [0, 0.05) is 0 Å². The summed E-state index contributed by atoms with van der Waals surface area (Å²) in [5, 5.41) is 22.0. The minimum atomic E-state index is -1.24. The fraction of sp³-hybridized carbons (Fsp3) is 0.200. The Labute approximate surface area is 105 Å². The van der Waals surface area contributed by atoms with Crippen LogP contribution in [0.5, 0.6) is 0 Å². The summed E-state index contributed by atoms with van der Waals surface area (Å²) < 4.78 is 0.703. The molecule has 7 nitrogen and oxygen atoms in total. The lowest BCUT2D eigenvalue weighted by Gasteiger charge is -2.12. The number of rotatable bonds is 5. The van der Waals surface area contributed by atoms with Gasteiger partial charge in [0.25, 0.3) is 0 Å². The van der Waals surface area contributed by atoms with Gasteiger partial charge in [0.05, 0.1) is 16.6 Å². The number of carbonyl (C=O) groups is 2. The van der Waals surface area contributed by atoms with Gasteiger partial charge in [0.1, 0.15) is 18.2 Å². The molecular formula is C10H9N3O4S. The van der Waals surface area contributed by atoms with Gasteiger partial charge in [-0.05, 0) is 11.4 Å². The number of hydrogen-bond acceptors (Lipinski definition) is 6. The predicted molar refractivity (Wildman–Crippen MR) is 64.7 cm³/mol. The third-order valence-electron chi connectivity index (χ3n) is 2.23. The van der Waals surface area contributed by atoms with E-state index in [4.69, 9.17) is 10.2 Å². The maximum Gasteiger partial charge on any atom is 0.326 e. The Hall–Kier alpha value is -2.22. The molecule has 0 saturated carbocycles. The quantitative estimate of drug-likeness (QED) is 0.741. The van der Waals surface area contributed by atoms with E-state index in [1.165, 1.54) is 17.7 Å². The molecule has 3 N–H and O–H groups in total. The van der Waals surface area contributed by atoms with E-state index in [0.717, 1.165) is 0 Å². The van der Waals surface area contributed by atoms with Crippen molar-refractivity contribution < 1.29 is 19.8 Å². The Bertz CT molecular complexity index is 598. The second-order valence-corrected chi connectivity index (χ2v) is 4.41. The minimum absolute atomic E-state index is 0.337. The lowest BCUT2D eigenvalue weighted by atomic mass is 10.2. The molecule has 0 amide bonds. The van der Waals surface area contributed by atoms with E-state index in [2.05, 4.69) is 15.3 Å². The molecule has 2 aromatic rings. The van der Waals surface area contributed by atoms with Crippen LogP contribution in [0.15, 0.2) is 17.8 Å². The highest BCUT2D eigenvalue weighted by Crippen LogP contribution is 2.25. The summed E-state index contributed by atoms with van der Waals surface area (Å²) in [7, 11) is 0. The van der Waals surface area contributed by atoms with Crippen LogP contribution in [0.1, 0.15) is 6.42 Å². The summed E-state index contributed by atoms with van der Waals surface area (Å²) in [4.78, 5) is 29.5. The van der Waals surface area contributed by atoms with Crippen LogP contribution in [0.3, 0.4) is 0 Å². The van der Waals surface area contributed by atoms with Gasteiger partial charge in [0.2, 0.25) is 0 Å². The van der Waals surface area contributed by atoms with E-state index >= 15 is 0 Å². The van der Waals surface area contributed by atoms with Crippen LogP contribution in [0, 0.1) is 0 Å². The fourth-order valence-corrected chi connectivity index (χ4v) is 2.23. The second-order valence-electron chi connectivity index (χ2n) is 3.49. The molecule has 18 heavy (non-hydrogen) atoms. The normalized spacial score (nSPS) is 12.2. The van der Waals surface area contributed by atoms with Gasteiger partial charge in [-0.1, -0.05) is 0 Å². The van der Waals surface area contributed by atoms with Crippen molar-refractivity contribution in [3.63, 3.8) is 0 Å². The lowest BCUT2D eigenvalue weighted by Crippen LogP contribution is -2.32. The van der Waals surface area contributed by atoms with Crippen molar-refractivity contribution in [3.8, 4) is 0 Å². The molecule has 0 aliphatic rings. The summed E-state index contributed by atoms with van der Waals surface area (Å²) in [6.07, 6.45) is 0.781. The number of anilines is 1. The first kappa shape index (κ1) is 12.2. The zero-order chi connectivity index (χ0) is 13.1. The Kier molecular flexibility index (Phi) is 3.38. The van der Waals surface area contributed by atoms with Gasteiger partial charge in [-0.15, -0.1) is 11.3 Å². The highest BCUT2D eigenvalue weighted by atomic mass is 32.1. The maximum absolute atomic E-state index is 10.9. The number of nitrogens with one attached hydrogen (secondary N) is 1. The first-order valence-corrected chi connectivity index (χ1v) is 5.85. The van der Waals surface area contributed by atoms with Crippen molar-refractivity contribution in [2.45, 2.75) is 12.5 Å². The van der Waals surface area contributed by atoms with E-state index in [-0.39, 0.29) is 0 Å². The van der Waals surface area contributed by atoms with Crippen LogP contribution in [-0.2, 0) is 9.59 Å². The van der Waals surface area contributed by atoms with Crippen LogP contribution in [0.2, 0.25) is 0 Å². The SMILES string of the molecule is O=C(O)CC(Nc1ncnc2ccsc12)C(=O)O. The summed E-state index contributed by atoms with van der Waals surface area (Å²) >= 11 is 1.36. The fourth-order valence-electron chi connectivity index (χ4n) is 1.43. The largest absolute Gasteiger partial charge is 0.481 e. The van der Waals surface area contributed by atoms with E-state index in [0.29, 0.717) is 16.0 Å². The molecule has 0 aliphatic carbocycles. The molecule has 0 aliphatic heterocycles. The zero-order valence-corrected chi connectivity index (χ0v) is 9.85. The third kappa shape index (κ3) is 2.54.